The molecule has 1 aromatic carbocycles. The number of ether oxygens (including phenoxy) is 2. The minimum atomic E-state index is -5.05. The highest BCUT2D eigenvalue weighted by Crippen LogP contribution is 2.58. The number of carboxylic acids is 1. The van der Waals surface area contributed by atoms with Crippen molar-refractivity contribution in [3.8, 4) is 5.75 Å². The molecule has 4 aliphatic carbocycles. The van der Waals surface area contributed by atoms with Gasteiger partial charge in [0.1, 0.15) is 17.4 Å². The molecule has 1 atom stereocenters. The Morgan fingerprint density at radius 1 is 1.02 bits per heavy atom. The maximum absolute atomic E-state index is 14.7. The van der Waals surface area contributed by atoms with Crippen molar-refractivity contribution in [2.24, 2.45) is 23.7 Å². The average Bonchev–Trinajstić information content (AvgIpc) is 3.66. The molecule has 51 heavy (non-hydrogen) atoms. The molecule has 1 aromatic heterocycles. The van der Waals surface area contributed by atoms with Crippen LogP contribution in [0.5, 0.6) is 5.75 Å². The maximum atomic E-state index is 14.7. The van der Waals surface area contributed by atoms with Crippen LogP contribution < -0.4 is 15.0 Å². The number of nitrogens with one attached hydrogen (secondary N) is 1. The highest BCUT2D eigenvalue weighted by atomic mass is 19.4. The summed E-state index contributed by atoms with van der Waals surface area (Å²) in [7, 11) is 0. The third-order valence-electron chi connectivity index (χ3n) is 12.3. The predicted molar refractivity (Wildman–Crippen MR) is 169 cm³/mol. The fourth-order valence-electron chi connectivity index (χ4n) is 10.2. The quantitative estimate of drug-likeness (QED) is 0.346. The number of carbonyl (C=O) groups excluding carboxylic acids is 1. The molecule has 7 aliphatic rings. The molecule has 4 heterocycles. The van der Waals surface area contributed by atoms with E-state index in [1.807, 2.05) is 6.07 Å². The number of amides is 1. The number of aliphatic carboxylic acids is 1. The lowest BCUT2D eigenvalue weighted by Gasteiger charge is -2.59. The molecule has 2 aromatic rings. The van der Waals surface area contributed by atoms with Gasteiger partial charge in [-0.1, -0.05) is 0 Å². The van der Waals surface area contributed by atoms with Crippen molar-refractivity contribution >= 4 is 23.5 Å². The molecular weight excluding hydrogens is 684 g/mol. The molecule has 2 saturated heterocycles. The number of halogens is 6. The van der Waals surface area contributed by atoms with Gasteiger partial charge in [0, 0.05) is 43.5 Å². The first-order valence-electron chi connectivity index (χ1n) is 17.6. The second kappa shape index (κ2) is 12.2. The van der Waals surface area contributed by atoms with Gasteiger partial charge in [0.05, 0.1) is 18.7 Å². The highest BCUT2D eigenvalue weighted by molar-refractivity contribution is 5.99. The zero-order valence-electron chi connectivity index (χ0n) is 27.7. The number of alkyl halides is 6. The third kappa shape index (κ3) is 6.09. The van der Waals surface area contributed by atoms with Crippen LogP contribution in [-0.2, 0) is 21.1 Å². The number of carbonyl (C=O) groups is 2. The molecule has 3 aliphatic heterocycles. The Balaban J connectivity index is 1.06. The van der Waals surface area contributed by atoms with E-state index in [9.17, 15) is 41.0 Å². The van der Waals surface area contributed by atoms with Crippen LogP contribution in [0.3, 0.4) is 0 Å². The summed E-state index contributed by atoms with van der Waals surface area (Å²) in [6, 6.07) is 5.19. The van der Waals surface area contributed by atoms with Gasteiger partial charge in [-0.2, -0.15) is 26.3 Å². The predicted octanol–water partition coefficient (Wildman–Crippen LogP) is 5.72. The Bertz CT molecular complexity index is 1680. The minimum absolute atomic E-state index is 0.207. The van der Waals surface area contributed by atoms with Crippen molar-refractivity contribution in [2.75, 3.05) is 44.3 Å². The SMILES string of the molecule is O=C(NC1(C(=O)O)C2CC3CC(C2)CC1C3)c1cnc(N2CC3(CCOC3)c3cc(OC4CCN(CC(F)(F)F)CC4)ccc32)nc1C(F)(F)F. The van der Waals surface area contributed by atoms with Gasteiger partial charge in [-0.3, -0.25) is 9.69 Å². The van der Waals surface area contributed by atoms with E-state index >= 15 is 0 Å². The molecular formula is C35H39F6N5O5. The van der Waals surface area contributed by atoms with Crippen LogP contribution in [0.1, 0.15) is 73.0 Å². The van der Waals surface area contributed by atoms with E-state index in [0.717, 1.165) is 18.2 Å². The second-order valence-corrected chi connectivity index (χ2v) is 15.4. The Labute approximate surface area is 289 Å². The van der Waals surface area contributed by atoms with Crippen molar-refractivity contribution in [3.05, 3.63) is 41.2 Å². The molecule has 4 saturated carbocycles. The van der Waals surface area contributed by atoms with Crippen LogP contribution in [0.15, 0.2) is 24.4 Å². The van der Waals surface area contributed by atoms with E-state index in [1.54, 1.807) is 17.0 Å². The number of piperidine rings is 1. The molecule has 10 nitrogen and oxygen atoms in total. The molecule has 16 heteroatoms. The first-order valence-corrected chi connectivity index (χ1v) is 17.6. The van der Waals surface area contributed by atoms with E-state index in [1.165, 1.54) is 4.90 Å². The number of nitrogens with zero attached hydrogens (tertiary/aromatic N) is 4. The molecule has 9 rings (SSSR count). The largest absolute Gasteiger partial charge is 0.490 e. The summed E-state index contributed by atoms with van der Waals surface area (Å²) in [5, 5.41) is 13.0. The van der Waals surface area contributed by atoms with E-state index in [4.69, 9.17) is 9.47 Å². The zero-order chi connectivity index (χ0) is 35.9. The molecule has 2 N–H and O–H groups in total. The molecule has 1 spiro atoms. The number of benzene rings is 1. The number of aromatic nitrogens is 2. The summed E-state index contributed by atoms with van der Waals surface area (Å²) in [5.41, 5.74) is -3.20. The number of hydrogen-bond donors (Lipinski definition) is 2. The number of hydrogen-bond acceptors (Lipinski definition) is 8. The Kier molecular flexibility index (Phi) is 8.24. The van der Waals surface area contributed by atoms with Gasteiger partial charge in [-0.25, -0.2) is 14.8 Å². The number of carboxylic acid groups (broad SMARTS) is 1. The van der Waals surface area contributed by atoms with Crippen LogP contribution in [0.25, 0.3) is 0 Å². The van der Waals surface area contributed by atoms with Gasteiger partial charge < -0.3 is 24.8 Å². The van der Waals surface area contributed by atoms with Gasteiger partial charge in [0.15, 0.2) is 5.69 Å². The van der Waals surface area contributed by atoms with Crippen LogP contribution in [0.2, 0.25) is 0 Å². The van der Waals surface area contributed by atoms with E-state index < -0.39 is 53.0 Å². The Morgan fingerprint density at radius 2 is 1.71 bits per heavy atom. The zero-order valence-corrected chi connectivity index (χ0v) is 27.7. The van der Waals surface area contributed by atoms with Crippen molar-refractivity contribution in [1.82, 2.24) is 20.2 Å². The van der Waals surface area contributed by atoms with Crippen LogP contribution in [-0.4, -0.2) is 89.1 Å². The Hall–Kier alpha value is -3.66. The van der Waals surface area contributed by atoms with Gasteiger partial charge in [-0.15, -0.1) is 0 Å². The average molecular weight is 724 g/mol. The van der Waals surface area contributed by atoms with Crippen molar-refractivity contribution in [2.45, 2.75) is 80.8 Å². The van der Waals surface area contributed by atoms with Crippen LogP contribution in [0.4, 0.5) is 38.0 Å². The smallest absolute Gasteiger partial charge is 0.434 e. The standard InChI is InChI=1S/C35H39F6N5O5/c36-33(37,38)17-45-6-3-23(4-7-45)51-24-1-2-27-26(14-24)32(5-8-50-18-32)16-46(27)31-42-15-25(28(43-31)35(39,40)41)29(47)44-34(30(48)49)21-10-19-9-20(12-21)13-22(34)11-19/h1-2,14-15,19-23H,3-13,16-18H2,(H,44,47)(H,48,49). The summed E-state index contributed by atoms with van der Waals surface area (Å²) in [6.45, 7) is 0.450. The Morgan fingerprint density at radius 3 is 2.29 bits per heavy atom. The summed E-state index contributed by atoms with van der Waals surface area (Å²) in [5.74, 6) is -2.11. The number of likely N-dealkylation sites (tertiary alicyclic amines) is 1. The van der Waals surface area contributed by atoms with Crippen molar-refractivity contribution < 1.29 is 50.5 Å². The van der Waals surface area contributed by atoms with Gasteiger partial charge in [0.2, 0.25) is 5.95 Å². The molecule has 6 fully saturated rings. The third-order valence-corrected chi connectivity index (χ3v) is 12.3. The maximum Gasteiger partial charge on any atom is 0.434 e. The molecule has 1 unspecified atom stereocenters. The normalized spacial score (nSPS) is 32.1. The molecule has 4 bridgehead atoms. The monoisotopic (exact) mass is 723 g/mol. The fourth-order valence-corrected chi connectivity index (χ4v) is 10.2. The summed E-state index contributed by atoms with van der Waals surface area (Å²) in [4.78, 5) is 37.6. The lowest BCUT2D eigenvalue weighted by atomic mass is 9.48. The lowest BCUT2D eigenvalue weighted by molar-refractivity contribution is -0.163. The van der Waals surface area contributed by atoms with E-state index in [2.05, 4.69) is 15.3 Å². The van der Waals surface area contributed by atoms with E-state index in [-0.39, 0.29) is 43.5 Å². The number of anilines is 2. The second-order valence-electron chi connectivity index (χ2n) is 15.4. The van der Waals surface area contributed by atoms with Crippen molar-refractivity contribution in [3.63, 3.8) is 0 Å². The summed E-state index contributed by atoms with van der Waals surface area (Å²) in [6.07, 6.45) is -3.87. The first-order chi connectivity index (χ1) is 24.1. The van der Waals surface area contributed by atoms with Crippen LogP contribution >= 0.6 is 0 Å². The molecule has 0 radical (unpaired) electrons. The topological polar surface area (TPSA) is 117 Å². The minimum Gasteiger partial charge on any atom is -0.490 e. The first kappa shape index (κ1) is 34.4. The van der Waals surface area contributed by atoms with E-state index in [0.29, 0.717) is 81.4 Å². The van der Waals surface area contributed by atoms with Gasteiger partial charge >= 0.3 is 18.3 Å². The van der Waals surface area contributed by atoms with Crippen molar-refractivity contribution in [1.29, 1.82) is 0 Å². The van der Waals surface area contributed by atoms with Crippen LogP contribution in [0, 0.1) is 23.7 Å². The molecule has 276 valence electrons. The summed E-state index contributed by atoms with van der Waals surface area (Å²) < 4.78 is 94.5. The fraction of sp³-hybridized carbons (Fsp3) is 0.657. The van der Waals surface area contributed by atoms with Gasteiger partial charge in [0.25, 0.3) is 5.91 Å². The molecule has 1 amide bonds. The van der Waals surface area contributed by atoms with Gasteiger partial charge in [-0.05, 0) is 98.8 Å². The number of fused-ring (bicyclic) bond motifs is 2. The lowest BCUT2D eigenvalue weighted by Crippen LogP contribution is -2.70. The summed E-state index contributed by atoms with van der Waals surface area (Å²) >= 11 is 0. The highest BCUT2D eigenvalue weighted by Gasteiger charge is 2.62. The number of rotatable bonds is 7.